The van der Waals surface area contributed by atoms with Gasteiger partial charge in [-0.05, 0) is 43.8 Å². The quantitative estimate of drug-likeness (QED) is 0.642. The van der Waals surface area contributed by atoms with Gasteiger partial charge in [-0.25, -0.2) is 9.37 Å². The number of para-hydroxylation sites is 1. The van der Waals surface area contributed by atoms with E-state index in [1.54, 1.807) is 23.1 Å². The number of carbonyl (C=O) groups is 2. The lowest BCUT2D eigenvalue weighted by Gasteiger charge is -2.46. The van der Waals surface area contributed by atoms with Crippen LogP contribution in [0.3, 0.4) is 0 Å². The molecule has 31 heavy (non-hydrogen) atoms. The lowest BCUT2D eigenvalue weighted by Crippen LogP contribution is -2.64. The van der Waals surface area contributed by atoms with Crippen LogP contribution in [0.25, 0.3) is 10.9 Å². The number of likely N-dealkylation sites (tertiary alicyclic amines) is 1. The smallest absolute Gasteiger partial charge is 0.272 e. The summed E-state index contributed by atoms with van der Waals surface area (Å²) in [6.07, 6.45) is 0.738. The maximum Gasteiger partial charge on any atom is 0.272 e. The maximum atomic E-state index is 13.8. The first-order chi connectivity index (χ1) is 14.9. The summed E-state index contributed by atoms with van der Waals surface area (Å²) < 4.78 is 13.8. The Morgan fingerprint density at radius 2 is 1.90 bits per heavy atom. The minimum atomic E-state index is -0.371. The molecule has 2 aliphatic rings. The number of hydrogen-bond acceptors (Lipinski definition) is 4. The third kappa shape index (κ3) is 3.45. The molecule has 2 amide bonds. The molecule has 2 saturated heterocycles. The molecule has 1 spiro atoms. The number of aromatic nitrogens is 1. The van der Waals surface area contributed by atoms with Crippen molar-refractivity contribution in [2.45, 2.75) is 12.0 Å². The highest BCUT2D eigenvalue weighted by molar-refractivity contribution is 5.97. The van der Waals surface area contributed by atoms with Gasteiger partial charge in [-0.15, -0.1) is 0 Å². The second-order valence-electron chi connectivity index (χ2n) is 8.41. The molecule has 2 aliphatic heterocycles. The van der Waals surface area contributed by atoms with Crippen LogP contribution < -0.4 is 4.90 Å². The van der Waals surface area contributed by atoms with Crippen LogP contribution in [0.4, 0.5) is 10.1 Å². The molecule has 2 aromatic carbocycles. The van der Waals surface area contributed by atoms with Crippen molar-refractivity contribution >= 4 is 28.4 Å². The molecule has 5 rings (SSSR count). The van der Waals surface area contributed by atoms with Gasteiger partial charge >= 0.3 is 0 Å². The Labute approximate surface area is 179 Å². The molecule has 2 fully saturated rings. The Morgan fingerprint density at radius 3 is 2.74 bits per heavy atom. The van der Waals surface area contributed by atoms with Crippen molar-refractivity contribution in [1.82, 2.24) is 14.8 Å². The zero-order chi connectivity index (χ0) is 21.6. The minimum Gasteiger partial charge on any atom is -0.335 e. The van der Waals surface area contributed by atoms with Crippen molar-refractivity contribution in [2.24, 2.45) is 0 Å². The maximum absolute atomic E-state index is 13.8. The van der Waals surface area contributed by atoms with Crippen molar-refractivity contribution in [3.05, 3.63) is 72.2 Å². The Kier molecular flexibility index (Phi) is 4.70. The van der Waals surface area contributed by atoms with Crippen LogP contribution in [0.15, 0.2) is 60.7 Å². The lowest BCUT2D eigenvalue weighted by atomic mass is 9.92. The van der Waals surface area contributed by atoms with Gasteiger partial charge < -0.3 is 9.80 Å². The van der Waals surface area contributed by atoms with Gasteiger partial charge in [0.15, 0.2) is 0 Å². The highest BCUT2D eigenvalue weighted by atomic mass is 19.1. The summed E-state index contributed by atoms with van der Waals surface area (Å²) in [5, 5.41) is 0.994. The van der Waals surface area contributed by atoms with E-state index >= 15 is 0 Å². The van der Waals surface area contributed by atoms with Crippen LogP contribution in [-0.4, -0.2) is 65.4 Å². The van der Waals surface area contributed by atoms with Crippen LogP contribution in [-0.2, 0) is 4.79 Å². The topological polar surface area (TPSA) is 56.8 Å². The molecular weight excluding hydrogens is 395 g/mol. The van der Waals surface area contributed by atoms with Gasteiger partial charge in [0.2, 0.25) is 5.91 Å². The number of halogens is 1. The average molecular weight is 418 g/mol. The summed E-state index contributed by atoms with van der Waals surface area (Å²) in [5.41, 5.74) is 1.40. The summed E-state index contributed by atoms with van der Waals surface area (Å²) in [7, 11) is 1.92. The minimum absolute atomic E-state index is 0.0697. The third-order valence-corrected chi connectivity index (χ3v) is 6.49. The van der Waals surface area contributed by atoms with Crippen molar-refractivity contribution in [3.63, 3.8) is 0 Å². The third-order valence-electron chi connectivity index (χ3n) is 6.49. The molecule has 158 valence electrons. The molecule has 0 aliphatic carbocycles. The number of anilines is 1. The number of hydrogen-bond donors (Lipinski definition) is 0. The number of rotatable bonds is 2. The van der Waals surface area contributed by atoms with E-state index in [0.29, 0.717) is 31.0 Å². The Bertz CT molecular complexity index is 1180. The molecule has 7 heteroatoms. The van der Waals surface area contributed by atoms with Gasteiger partial charge in [-0.3, -0.25) is 14.5 Å². The molecule has 6 nitrogen and oxygen atoms in total. The Morgan fingerprint density at radius 1 is 1.06 bits per heavy atom. The van der Waals surface area contributed by atoms with E-state index in [2.05, 4.69) is 4.98 Å². The normalized spacial score (nSPS) is 21.9. The number of piperazine rings is 1. The summed E-state index contributed by atoms with van der Waals surface area (Å²) in [4.78, 5) is 35.9. The van der Waals surface area contributed by atoms with Gasteiger partial charge in [0.1, 0.15) is 11.5 Å². The van der Waals surface area contributed by atoms with Crippen molar-refractivity contribution in [2.75, 3.05) is 38.1 Å². The van der Waals surface area contributed by atoms with Gasteiger partial charge in [0.25, 0.3) is 5.91 Å². The Balaban J connectivity index is 1.39. The highest BCUT2D eigenvalue weighted by Crippen LogP contribution is 2.34. The van der Waals surface area contributed by atoms with Gasteiger partial charge in [0.05, 0.1) is 17.6 Å². The molecule has 0 radical (unpaired) electrons. The van der Waals surface area contributed by atoms with Crippen molar-refractivity contribution in [1.29, 1.82) is 0 Å². The van der Waals surface area contributed by atoms with Crippen LogP contribution in [0.1, 0.15) is 16.9 Å². The number of fused-ring (bicyclic) bond motifs is 1. The molecule has 1 atom stereocenters. The number of likely N-dealkylation sites (N-methyl/N-ethyl adjacent to an activating group) is 1. The van der Waals surface area contributed by atoms with Gasteiger partial charge in [0, 0.05) is 30.7 Å². The van der Waals surface area contributed by atoms with Gasteiger partial charge in [-0.2, -0.15) is 0 Å². The number of benzene rings is 2. The fourth-order valence-corrected chi connectivity index (χ4v) is 4.66. The summed E-state index contributed by atoms with van der Waals surface area (Å²) in [6.45, 7) is 1.73. The number of nitrogens with zero attached hydrogens (tertiary/aromatic N) is 4. The first kappa shape index (κ1) is 19.6. The van der Waals surface area contributed by atoms with Crippen LogP contribution in [0, 0.1) is 5.82 Å². The van der Waals surface area contributed by atoms with E-state index in [9.17, 15) is 14.0 Å². The summed E-state index contributed by atoms with van der Waals surface area (Å²) in [5.74, 6) is -0.547. The second-order valence-corrected chi connectivity index (χ2v) is 8.41. The molecule has 0 unspecified atom stereocenters. The van der Waals surface area contributed by atoms with E-state index in [0.717, 1.165) is 17.3 Å². The van der Waals surface area contributed by atoms with Gasteiger partial charge in [-0.1, -0.05) is 30.3 Å². The summed E-state index contributed by atoms with van der Waals surface area (Å²) in [6, 6.07) is 17.5. The van der Waals surface area contributed by atoms with E-state index in [1.165, 1.54) is 12.1 Å². The number of pyridine rings is 1. The molecule has 0 N–H and O–H groups in total. The van der Waals surface area contributed by atoms with Crippen molar-refractivity contribution < 1.29 is 14.0 Å². The largest absolute Gasteiger partial charge is 0.335 e. The monoisotopic (exact) mass is 418 g/mol. The fourth-order valence-electron chi connectivity index (χ4n) is 4.66. The summed E-state index contributed by atoms with van der Waals surface area (Å²) >= 11 is 0. The molecule has 0 saturated carbocycles. The zero-order valence-electron chi connectivity index (χ0n) is 17.3. The zero-order valence-corrected chi connectivity index (χ0v) is 17.3. The molecule has 0 bridgehead atoms. The molecular formula is C24H23FN4O2. The number of amides is 2. The first-order valence-electron chi connectivity index (χ1n) is 10.4. The predicted molar refractivity (Wildman–Crippen MR) is 116 cm³/mol. The van der Waals surface area contributed by atoms with E-state index in [1.807, 2.05) is 47.2 Å². The van der Waals surface area contributed by atoms with Crippen LogP contribution in [0.5, 0.6) is 0 Å². The molecule has 1 aromatic heterocycles. The Hall–Kier alpha value is -3.32. The standard InChI is InChI=1S/C24H23FN4O2/c1-27-14-22(30)29(19-7-4-6-18(25)13-19)16-24(27)11-12-28(15-24)23(31)21-10-9-17-5-2-3-8-20(17)26-21/h2-10,13H,11-12,14-16H2,1H3/t24-/m0/s1. The second kappa shape index (κ2) is 7.42. The van der Waals surface area contributed by atoms with E-state index in [4.69, 9.17) is 0 Å². The van der Waals surface area contributed by atoms with E-state index in [-0.39, 0.29) is 29.7 Å². The first-order valence-corrected chi connectivity index (χ1v) is 10.4. The van der Waals surface area contributed by atoms with Crippen molar-refractivity contribution in [3.8, 4) is 0 Å². The molecule has 3 aromatic rings. The SMILES string of the molecule is CN1CC(=O)N(c2cccc(F)c2)C[C@@]12CCN(C(=O)c1ccc3ccccc3n1)C2. The fraction of sp³-hybridized carbons (Fsp3) is 0.292. The van der Waals surface area contributed by atoms with Crippen LogP contribution in [0.2, 0.25) is 0 Å². The lowest BCUT2D eigenvalue weighted by molar-refractivity contribution is -0.123. The van der Waals surface area contributed by atoms with E-state index < -0.39 is 0 Å². The average Bonchev–Trinajstić information content (AvgIpc) is 3.21. The highest BCUT2D eigenvalue weighted by Gasteiger charge is 2.48. The number of carbonyl (C=O) groups excluding carboxylic acids is 2. The van der Waals surface area contributed by atoms with Crippen LogP contribution >= 0.6 is 0 Å². The predicted octanol–water partition coefficient (Wildman–Crippen LogP) is 2.94. The molecule has 3 heterocycles.